The van der Waals surface area contributed by atoms with Crippen molar-refractivity contribution in [3.63, 3.8) is 0 Å². The molecule has 0 radical (unpaired) electrons. The molecule has 3 aromatic carbocycles. The van der Waals surface area contributed by atoms with E-state index in [4.69, 9.17) is 16.3 Å². The zero-order valence-corrected chi connectivity index (χ0v) is 16.3. The summed E-state index contributed by atoms with van der Waals surface area (Å²) in [4.78, 5) is 12.1. The fourth-order valence-electron chi connectivity index (χ4n) is 2.38. The molecule has 0 unspecified atom stereocenters. The van der Waals surface area contributed by atoms with E-state index in [1.807, 2.05) is 60.7 Å². The van der Waals surface area contributed by atoms with Crippen molar-refractivity contribution in [2.45, 2.75) is 6.42 Å². The van der Waals surface area contributed by atoms with Gasteiger partial charge in [-0.3, -0.25) is 4.79 Å². The van der Waals surface area contributed by atoms with Gasteiger partial charge in [0, 0.05) is 33.7 Å². The molecule has 0 saturated heterocycles. The molecular formula is C21H17BrClNO2. The average Bonchev–Trinajstić information content (AvgIpc) is 2.65. The first-order valence-corrected chi connectivity index (χ1v) is 9.33. The summed E-state index contributed by atoms with van der Waals surface area (Å²) in [6.45, 7) is 0.576. The van der Waals surface area contributed by atoms with Crippen molar-refractivity contribution < 1.29 is 9.53 Å². The van der Waals surface area contributed by atoms with Crippen molar-refractivity contribution >= 4 is 39.0 Å². The molecule has 5 heteroatoms. The molecule has 1 N–H and O–H groups in total. The molecule has 3 nitrogen and oxygen atoms in total. The number of rotatable bonds is 7. The van der Waals surface area contributed by atoms with Gasteiger partial charge in [0.15, 0.2) is 5.78 Å². The van der Waals surface area contributed by atoms with Gasteiger partial charge in [-0.05, 0) is 60.7 Å². The van der Waals surface area contributed by atoms with Crippen LogP contribution >= 0.6 is 27.5 Å². The van der Waals surface area contributed by atoms with Gasteiger partial charge in [-0.1, -0.05) is 39.7 Å². The molecule has 3 rings (SSSR count). The van der Waals surface area contributed by atoms with Crippen LogP contribution in [0.4, 0.5) is 5.69 Å². The van der Waals surface area contributed by atoms with Crippen LogP contribution in [0.15, 0.2) is 77.3 Å². The van der Waals surface area contributed by atoms with E-state index in [1.165, 1.54) is 0 Å². The van der Waals surface area contributed by atoms with Gasteiger partial charge < -0.3 is 10.1 Å². The van der Waals surface area contributed by atoms with E-state index in [2.05, 4.69) is 21.2 Å². The molecule has 0 spiro atoms. The highest BCUT2D eigenvalue weighted by Gasteiger charge is 2.05. The minimum absolute atomic E-state index is 0.118. The average molecular weight is 431 g/mol. The summed E-state index contributed by atoms with van der Waals surface area (Å²) in [7, 11) is 0. The fraction of sp³-hybridized carbons (Fsp3) is 0.0952. The lowest BCUT2D eigenvalue weighted by Gasteiger charge is -2.09. The fourth-order valence-corrected chi connectivity index (χ4v) is 2.77. The van der Waals surface area contributed by atoms with Crippen LogP contribution in [0.25, 0.3) is 0 Å². The molecule has 0 aliphatic rings. The summed E-state index contributed by atoms with van der Waals surface area (Å²) >= 11 is 9.23. The summed E-state index contributed by atoms with van der Waals surface area (Å²) in [5.41, 5.74) is 1.67. The van der Waals surface area contributed by atoms with E-state index in [9.17, 15) is 4.79 Å². The number of benzene rings is 3. The molecule has 0 atom stereocenters. The molecule has 0 amide bonds. The van der Waals surface area contributed by atoms with Crippen molar-refractivity contribution in [3.8, 4) is 11.5 Å². The smallest absolute Gasteiger partial charge is 0.164 e. The molecule has 0 bridgehead atoms. The lowest BCUT2D eigenvalue weighted by molar-refractivity contribution is 0.0986. The minimum Gasteiger partial charge on any atom is -0.457 e. The third kappa shape index (κ3) is 5.35. The minimum atomic E-state index is 0.118. The van der Waals surface area contributed by atoms with Crippen molar-refractivity contribution in [1.29, 1.82) is 0 Å². The van der Waals surface area contributed by atoms with Gasteiger partial charge >= 0.3 is 0 Å². The molecule has 132 valence electrons. The first kappa shape index (κ1) is 18.5. The summed E-state index contributed by atoms with van der Waals surface area (Å²) in [5, 5.41) is 3.93. The van der Waals surface area contributed by atoms with Gasteiger partial charge in [0.25, 0.3) is 0 Å². The molecule has 0 fully saturated rings. The maximum Gasteiger partial charge on any atom is 0.164 e. The Hall–Kier alpha value is -2.30. The molecule has 0 heterocycles. The number of Topliss-reactive ketones (excluding diaryl/α,β-unsaturated/α-hetero) is 1. The third-order valence-corrected chi connectivity index (χ3v) is 4.53. The largest absolute Gasteiger partial charge is 0.457 e. The molecule has 26 heavy (non-hydrogen) atoms. The Morgan fingerprint density at radius 2 is 1.46 bits per heavy atom. The zero-order chi connectivity index (χ0) is 18.4. The Bertz CT molecular complexity index is 862. The van der Waals surface area contributed by atoms with Gasteiger partial charge in [-0.2, -0.15) is 0 Å². The number of hydrogen-bond donors (Lipinski definition) is 1. The quantitative estimate of drug-likeness (QED) is 0.430. The van der Waals surface area contributed by atoms with Crippen LogP contribution in [0.2, 0.25) is 5.02 Å². The van der Waals surface area contributed by atoms with Crippen LogP contribution in [0, 0.1) is 0 Å². The zero-order valence-electron chi connectivity index (χ0n) is 13.9. The maximum absolute atomic E-state index is 12.1. The summed E-state index contributed by atoms with van der Waals surface area (Å²) < 4.78 is 6.72. The van der Waals surface area contributed by atoms with Gasteiger partial charge in [-0.25, -0.2) is 0 Å². The van der Waals surface area contributed by atoms with Crippen LogP contribution < -0.4 is 10.1 Å². The van der Waals surface area contributed by atoms with Gasteiger partial charge in [-0.15, -0.1) is 0 Å². The van der Waals surface area contributed by atoms with Crippen LogP contribution in [0.5, 0.6) is 11.5 Å². The second kappa shape index (κ2) is 8.88. The van der Waals surface area contributed by atoms with E-state index < -0.39 is 0 Å². The Labute approximate surface area is 166 Å². The SMILES string of the molecule is O=C(CCNc1ccc(Oc2ccc(Cl)cc2)cc1)c1ccc(Br)cc1. The molecule has 0 aliphatic heterocycles. The van der Waals surface area contributed by atoms with Crippen molar-refractivity contribution in [2.75, 3.05) is 11.9 Å². The normalized spacial score (nSPS) is 10.4. The first-order chi connectivity index (χ1) is 12.6. The molecule has 0 aliphatic carbocycles. The van der Waals surface area contributed by atoms with Crippen LogP contribution in [-0.2, 0) is 0 Å². The first-order valence-electron chi connectivity index (χ1n) is 8.16. The lowest BCUT2D eigenvalue weighted by atomic mass is 10.1. The summed E-state index contributed by atoms with van der Waals surface area (Å²) in [6.07, 6.45) is 0.435. The van der Waals surface area contributed by atoms with E-state index in [-0.39, 0.29) is 5.78 Å². The van der Waals surface area contributed by atoms with Crippen LogP contribution in [0.3, 0.4) is 0 Å². The number of ketones is 1. The van der Waals surface area contributed by atoms with Gasteiger partial charge in [0.05, 0.1) is 0 Å². The van der Waals surface area contributed by atoms with E-state index >= 15 is 0 Å². The topological polar surface area (TPSA) is 38.3 Å². The number of anilines is 1. The highest BCUT2D eigenvalue weighted by molar-refractivity contribution is 9.10. The number of carbonyl (C=O) groups is 1. The second-order valence-corrected chi connectivity index (χ2v) is 7.04. The number of carbonyl (C=O) groups excluding carboxylic acids is 1. The van der Waals surface area contributed by atoms with Crippen molar-refractivity contribution in [2.24, 2.45) is 0 Å². The highest BCUT2D eigenvalue weighted by atomic mass is 79.9. The van der Waals surface area contributed by atoms with Crippen LogP contribution in [-0.4, -0.2) is 12.3 Å². The number of nitrogens with one attached hydrogen (secondary N) is 1. The highest BCUT2D eigenvalue weighted by Crippen LogP contribution is 2.24. The summed E-state index contributed by atoms with van der Waals surface area (Å²) in [5.74, 6) is 1.59. The third-order valence-electron chi connectivity index (χ3n) is 3.75. The van der Waals surface area contributed by atoms with Crippen LogP contribution in [0.1, 0.15) is 16.8 Å². The molecule has 0 aromatic heterocycles. The van der Waals surface area contributed by atoms with Gasteiger partial charge in [0.1, 0.15) is 11.5 Å². The monoisotopic (exact) mass is 429 g/mol. The Kier molecular flexibility index (Phi) is 6.31. The van der Waals surface area contributed by atoms with E-state index in [1.54, 1.807) is 12.1 Å². The predicted octanol–water partition coefficient (Wildman–Crippen LogP) is 6.58. The number of hydrogen-bond acceptors (Lipinski definition) is 3. The standard InChI is InChI=1S/C21H17BrClNO2/c22-16-3-1-15(2-4-16)21(25)13-14-24-18-7-11-20(12-8-18)26-19-9-5-17(23)6-10-19/h1-12,24H,13-14H2. The number of ether oxygens (including phenoxy) is 1. The van der Waals surface area contributed by atoms with Crippen molar-refractivity contribution in [1.82, 2.24) is 0 Å². The van der Waals surface area contributed by atoms with Crippen molar-refractivity contribution in [3.05, 3.63) is 87.9 Å². The Balaban J connectivity index is 1.49. The second-order valence-electron chi connectivity index (χ2n) is 5.69. The van der Waals surface area contributed by atoms with E-state index in [0.29, 0.717) is 18.0 Å². The van der Waals surface area contributed by atoms with E-state index in [0.717, 1.165) is 27.2 Å². The Morgan fingerprint density at radius 1 is 0.885 bits per heavy atom. The van der Waals surface area contributed by atoms with Gasteiger partial charge in [0.2, 0.25) is 0 Å². The molecule has 3 aromatic rings. The Morgan fingerprint density at radius 3 is 2.08 bits per heavy atom. The maximum atomic E-state index is 12.1. The predicted molar refractivity (Wildman–Crippen MR) is 110 cm³/mol. The summed E-state index contributed by atoms with van der Waals surface area (Å²) in [6, 6.07) is 22.2. The number of halogens is 2. The lowest BCUT2D eigenvalue weighted by Crippen LogP contribution is -2.08. The molecular weight excluding hydrogens is 414 g/mol. The molecule has 0 saturated carbocycles.